The van der Waals surface area contributed by atoms with Crippen LogP contribution < -0.4 is 16.3 Å². The van der Waals surface area contributed by atoms with Gasteiger partial charge in [-0.15, -0.1) is 0 Å². The molecule has 2 rings (SSSR count). The summed E-state index contributed by atoms with van der Waals surface area (Å²) in [6.45, 7) is 3.23. The molecule has 0 saturated heterocycles. The van der Waals surface area contributed by atoms with Crippen LogP contribution in [0.4, 0.5) is 11.4 Å². The lowest BCUT2D eigenvalue weighted by molar-refractivity contribution is -0.115. The third-order valence-electron chi connectivity index (χ3n) is 3.14. The van der Waals surface area contributed by atoms with Crippen LogP contribution in [-0.2, 0) is 9.59 Å². The molecule has 0 aromatic heterocycles. The lowest BCUT2D eigenvalue weighted by Crippen LogP contribution is -2.44. The number of para-hydroxylation sites is 1. The Hall–Kier alpha value is -2.99. The van der Waals surface area contributed by atoms with Crippen molar-refractivity contribution in [3.8, 4) is 0 Å². The molecular weight excluding hydrogens is 292 g/mol. The van der Waals surface area contributed by atoms with Crippen LogP contribution >= 0.6 is 0 Å². The van der Waals surface area contributed by atoms with Gasteiger partial charge < -0.3 is 0 Å². The van der Waals surface area contributed by atoms with E-state index in [4.69, 9.17) is 5.84 Å². The van der Waals surface area contributed by atoms with Crippen molar-refractivity contribution in [3.63, 3.8) is 0 Å². The van der Waals surface area contributed by atoms with Crippen LogP contribution in [0, 0.1) is 6.92 Å². The standard InChI is InChI=1S/C17H18N4O2/c1-12-8-10-14(11-9-12)19-20-16(13(2)22)17(23)21(18)15-6-4-3-5-7-15/h3-11,19H,18H2,1-2H3/b20-16+. The van der Waals surface area contributed by atoms with E-state index in [1.807, 2.05) is 19.1 Å². The van der Waals surface area contributed by atoms with Crippen LogP contribution in [0.2, 0.25) is 0 Å². The molecule has 118 valence electrons. The highest BCUT2D eigenvalue weighted by Crippen LogP contribution is 2.11. The summed E-state index contributed by atoms with van der Waals surface area (Å²) in [5, 5.41) is 4.82. The fourth-order valence-electron chi connectivity index (χ4n) is 1.85. The second-order valence-electron chi connectivity index (χ2n) is 5.01. The highest BCUT2D eigenvalue weighted by molar-refractivity contribution is 6.67. The maximum atomic E-state index is 12.4. The molecule has 6 nitrogen and oxygen atoms in total. The number of anilines is 2. The Kier molecular flexibility index (Phi) is 5.22. The number of hydrogen-bond acceptors (Lipinski definition) is 5. The minimum Gasteiger partial charge on any atom is -0.292 e. The summed E-state index contributed by atoms with van der Waals surface area (Å²) in [5.41, 5.74) is 4.68. The normalized spacial score (nSPS) is 11.0. The van der Waals surface area contributed by atoms with Crippen LogP contribution in [0.3, 0.4) is 0 Å². The minimum atomic E-state index is -0.677. The number of hydrogen-bond donors (Lipinski definition) is 2. The molecule has 0 bridgehead atoms. The third kappa shape index (κ3) is 4.24. The van der Waals surface area contributed by atoms with E-state index in [1.54, 1.807) is 42.5 Å². The molecule has 3 N–H and O–H groups in total. The number of nitrogens with one attached hydrogen (secondary N) is 1. The first kappa shape index (κ1) is 16.4. The number of hydrazine groups is 1. The van der Waals surface area contributed by atoms with Crippen molar-refractivity contribution in [2.45, 2.75) is 13.8 Å². The molecule has 1 amide bonds. The van der Waals surface area contributed by atoms with Crippen LogP contribution in [0.1, 0.15) is 12.5 Å². The Labute approximate surface area is 134 Å². The van der Waals surface area contributed by atoms with Gasteiger partial charge in [-0.25, -0.2) is 10.9 Å². The molecule has 0 atom stereocenters. The quantitative estimate of drug-likeness (QED) is 0.291. The summed E-state index contributed by atoms with van der Waals surface area (Å²) in [6, 6.07) is 16.0. The van der Waals surface area contributed by atoms with Crippen molar-refractivity contribution in [2.75, 3.05) is 10.4 Å². The molecule has 0 fully saturated rings. The van der Waals surface area contributed by atoms with Crippen molar-refractivity contribution in [2.24, 2.45) is 10.9 Å². The minimum absolute atomic E-state index is 0.267. The first-order valence-corrected chi connectivity index (χ1v) is 7.04. The van der Waals surface area contributed by atoms with E-state index >= 15 is 0 Å². The zero-order chi connectivity index (χ0) is 16.8. The Bertz CT molecular complexity index is 724. The predicted molar refractivity (Wildman–Crippen MR) is 91.0 cm³/mol. The number of ketones is 1. The molecule has 2 aromatic carbocycles. The van der Waals surface area contributed by atoms with Gasteiger partial charge in [0.2, 0.25) is 0 Å². The van der Waals surface area contributed by atoms with Crippen LogP contribution in [-0.4, -0.2) is 17.4 Å². The van der Waals surface area contributed by atoms with Gasteiger partial charge in [0.1, 0.15) is 0 Å². The molecule has 23 heavy (non-hydrogen) atoms. The molecule has 6 heteroatoms. The Balaban J connectivity index is 2.20. The molecule has 0 unspecified atom stereocenters. The number of amides is 1. The molecule has 0 aliphatic rings. The van der Waals surface area contributed by atoms with E-state index in [2.05, 4.69) is 10.5 Å². The van der Waals surface area contributed by atoms with Gasteiger partial charge in [-0.3, -0.25) is 15.0 Å². The van der Waals surface area contributed by atoms with E-state index in [1.165, 1.54) is 6.92 Å². The van der Waals surface area contributed by atoms with Crippen LogP contribution in [0.15, 0.2) is 59.7 Å². The van der Waals surface area contributed by atoms with E-state index in [0.717, 1.165) is 10.6 Å². The molecule has 0 radical (unpaired) electrons. The summed E-state index contributed by atoms with van der Waals surface area (Å²) in [6.07, 6.45) is 0. The van der Waals surface area contributed by atoms with Crippen molar-refractivity contribution in [3.05, 3.63) is 60.2 Å². The van der Waals surface area contributed by atoms with E-state index in [-0.39, 0.29) is 5.71 Å². The molecule has 0 heterocycles. The zero-order valence-corrected chi connectivity index (χ0v) is 13.0. The second kappa shape index (κ2) is 7.33. The highest BCUT2D eigenvalue weighted by Gasteiger charge is 2.22. The van der Waals surface area contributed by atoms with Crippen molar-refractivity contribution in [1.29, 1.82) is 0 Å². The van der Waals surface area contributed by atoms with Gasteiger partial charge in [-0.05, 0) is 31.2 Å². The number of Topliss-reactive ketones (excluding diaryl/α,β-unsaturated/α-hetero) is 1. The highest BCUT2D eigenvalue weighted by atomic mass is 16.2. The van der Waals surface area contributed by atoms with Crippen molar-refractivity contribution >= 4 is 28.8 Å². The van der Waals surface area contributed by atoms with Crippen molar-refractivity contribution < 1.29 is 9.59 Å². The number of aryl methyl sites for hydroxylation is 1. The molecular formula is C17H18N4O2. The van der Waals surface area contributed by atoms with Gasteiger partial charge in [0.15, 0.2) is 11.5 Å². The van der Waals surface area contributed by atoms with Gasteiger partial charge in [0.05, 0.1) is 11.4 Å². The molecule has 0 aliphatic carbocycles. The Morgan fingerprint density at radius 2 is 1.65 bits per heavy atom. The monoisotopic (exact) mass is 310 g/mol. The maximum absolute atomic E-state index is 12.4. The molecule has 0 saturated carbocycles. The molecule has 2 aromatic rings. The number of nitrogens with two attached hydrogens (primary N) is 1. The number of rotatable bonds is 5. The first-order chi connectivity index (χ1) is 11.0. The van der Waals surface area contributed by atoms with Gasteiger partial charge in [0.25, 0.3) is 5.91 Å². The second-order valence-corrected chi connectivity index (χ2v) is 5.01. The number of nitrogens with zero attached hydrogens (tertiary/aromatic N) is 2. The average molecular weight is 310 g/mol. The number of carbonyl (C=O) groups is 2. The van der Waals surface area contributed by atoms with Crippen LogP contribution in [0.5, 0.6) is 0 Å². The number of hydrazone groups is 1. The van der Waals surface area contributed by atoms with Gasteiger partial charge in [-0.2, -0.15) is 5.10 Å². The molecule has 0 spiro atoms. The first-order valence-electron chi connectivity index (χ1n) is 7.04. The van der Waals surface area contributed by atoms with Gasteiger partial charge in [-0.1, -0.05) is 35.9 Å². The average Bonchev–Trinajstić information content (AvgIpc) is 2.56. The Morgan fingerprint density at radius 1 is 1.04 bits per heavy atom. The lowest BCUT2D eigenvalue weighted by Gasteiger charge is -2.16. The summed E-state index contributed by atoms with van der Waals surface area (Å²) in [5.74, 6) is 4.64. The molecule has 0 aliphatic heterocycles. The summed E-state index contributed by atoms with van der Waals surface area (Å²) >= 11 is 0. The maximum Gasteiger partial charge on any atom is 0.296 e. The van der Waals surface area contributed by atoms with Crippen molar-refractivity contribution in [1.82, 2.24) is 0 Å². The van der Waals surface area contributed by atoms with Crippen LogP contribution in [0.25, 0.3) is 0 Å². The van der Waals surface area contributed by atoms with E-state index in [0.29, 0.717) is 11.4 Å². The van der Waals surface area contributed by atoms with E-state index < -0.39 is 11.7 Å². The smallest absolute Gasteiger partial charge is 0.292 e. The largest absolute Gasteiger partial charge is 0.296 e. The summed E-state index contributed by atoms with van der Waals surface area (Å²) in [4.78, 5) is 24.1. The third-order valence-corrected chi connectivity index (χ3v) is 3.14. The predicted octanol–water partition coefficient (Wildman–Crippen LogP) is 2.26. The Morgan fingerprint density at radius 3 is 2.22 bits per heavy atom. The fraction of sp³-hybridized carbons (Fsp3) is 0.118. The zero-order valence-electron chi connectivity index (χ0n) is 13.0. The number of carbonyl (C=O) groups excluding carboxylic acids is 2. The summed E-state index contributed by atoms with van der Waals surface area (Å²) in [7, 11) is 0. The number of benzene rings is 2. The van der Waals surface area contributed by atoms with Gasteiger partial charge >= 0.3 is 0 Å². The lowest BCUT2D eigenvalue weighted by atomic mass is 10.2. The topological polar surface area (TPSA) is 87.8 Å². The SMILES string of the molecule is CC(=O)/C(=N\Nc1ccc(C)cc1)C(=O)N(N)c1ccccc1. The summed E-state index contributed by atoms with van der Waals surface area (Å²) < 4.78 is 0. The fourth-order valence-corrected chi connectivity index (χ4v) is 1.85. The van der Waals surface area contributed by atoms with Gasteiger partial charge in [0, 0.05) is 6.92 Å². The van der Waals surface area contributed by atoms with E-state index in [9.17, 15) is 9.59 Å².